The number of aliphatic hydroxyl groups is 1. The van der Waals surface area contributed by atoms with E-state index < -0.39 is 17.8 Å². The molecule has 0 fully saturated rings. The molecule has 5 nitrogen and oxygen atoms in total. The molecule has 0 saturated heterocycles. The van der Waals surface area contributed by atoms with Crippen molar-refractivity contribution in [2.75, 3.05) is 6.54 Å². The van der Waals surface area contributed by atoms with Gasteiger partial charge < -0.3 is 20.6 Å². The quantitative estimate of drug-likeness (QED) is 0.565. The van der Waals surface area contributed by atoms with E-state index in [0.29, 0.717) is 13.0 Å². The summed E-state index contributed by atoms with van der Waals surface area (Å²) in [5, 5.41) is 30.1. The van der Waals surface area contributed by atoms with E-state index in [1.807, 2.05) is 0 Å². The van der Waals surface area contributed by atoms with Gasteiger partial charge in [-0.2, -0.15) is 0 Å². The van der Waals surface area contributed by atoms with Crippen LogP contribution in [0.15, 0.2) is 18.2 Å². The highest BCUT2D eigenvalue weighted by Crippen LogP contribution is 2.27. The number of carbonyl (C=O) groups is 1. The van der Waals surface area contributed by atoms with E-state index in [1.54, 1.807) is 6.92 Å². The summed E-state index contributed by atoms with van der Waals surface area (Å²) in [6.45, 7) is 1.93. The van der Waals surface area contributed by atoms with Gasteiger partial charge in [0.25, 0.3) is 5.91 Å². The molecule has 0 aliphatic heterocycles. The molecule has 1 aromatic rings. The van der Waals surface area contributed by atoms with E-state index >= 15 is 0 Å². The summed E-state index contributed by atoms with van der Waals surface area (Å²) in [4.78, 5) is 11.5. The maximum absolute atomic E-state index is 11.5. The van der Waals surface area contributed by atoms with Gasteiger partial charge in [0.05, 0.1) is 11.7 Å². The van der Waals surface area contributed by atoms with E-state index in [-0.39, 0.29) is 11.3 Å². The Morgan fingerprint density at radius 2 is 2.12 bits per heavy atom. The van der Waals surface area contributed by atoms with Crippen LogP contribution in [0.1, 0.15) is 23.7 Å². The Morgan fingerprint density at radius 1 is 1.44 bits per heavy atom. The van der Waals surface area contributed by atoms with Crippen LogP contribution in [-0.2, 0) is 0 Å². The van der Waals surface area contributed by atoms with E-state index in [0.717, 1.165) is 0 Å². The summed E-state index contributed by atoms with van der Waals surface area (Å²) in [5.74, 6) is -1.24. The van der Waals surface area contributed by atoms with Crippen molar-refractivity contribution in [1.29, 1.82) is 0 Å². The molecule has 0 aromatic heterocycles. The van der Waals surface area contributed by atoms with Crippen molar-refractivity contribution in [2.24, 2.45) is 0 Å². The second-order valence-electron chi connectivity index (χ2n) is 3.57. The van der Waals surface area contributed by atoms with Crippen molar-refractivity contribution < 1.29 is 20.1 Å². The van der Waals surface area contributed by atoms with Gasteiger partial charge in [-0.15, -0.1) is 0 Å². The molecule has 88 valence electrons. The van der Waals surface area contributed by atoms with Gasteiger partial charge in [-0.1, -0.05) is 6.07 Å². The van der Waals surface area contributed by atoms with Gasteiger partial charge in [-0.3, -0.25) is 4.79 Å². The average Bonchev–Trinajstić information content (AvgIpc) is 2.21. The van der Waals surface area contributed by atoms with Gasteiger partial charge in [-0.05, 0) is 25.5 Å². The highest BCUT2D eigenvalue weighted by molar-refractivity contribution is 5.97. The monoisotopic (exact) mass is 225 g/mol. The molecule has 1 rings (SSSR count). The molecule has 0 bridgehead atoms. The molecule has 1 unspecified atom stereocenters. The molecule has 1 amide bonds. The van der Waals surface area contributed by atoms with Crippen LogP contribution < -0.4 is 5.32 Å². The number of aliphatic hydroxyl groups excluding tert-OH is 1. The first-order valence-corrected chi connectivity index (χ1v) is 4.99. The third-order valence-electron chi connectivity index (χ3n) is 2.11. The van der Waals surface area contributed by atoms with Crippen LogP contribution in [0.4, 0.5) is 0 Å². The molecule has 1 aromatic carbocycles. The van der Waals surface area contributed by atoms with Crippen molar-refractivity contribution in [3.05, 3.63) is 23.8 Å². The molecule has 0 spiro atoms. The zero-order chi connectivity index (χ0) is 12.1. The summed E-state index contributed by atoms with van der Waals surface area (Å²) in [6, 6.07) is 4.17. The standard InChI is InChI=1S/C11H15NO4/c1-7(13)5-6-12-11(16)8-3-2-4-9(14)10(8)15/h2-4,7,13-15H,5-6H2,1H3,(H,12,16). The van der Waals surface area contributed by atoms with Gasteiger partial charge in [-0.25, -0.2) is 0 Å². The molecule has 4 N–H and O–H groups in total. The van der Waals surface area contributed by atoms with Crippen LogP contribution in [0.25, 0.3) is 0 Å². The lowest BCUT2D eigenvalue weighted by atomic mass is 10.1. The molecule has 0 radical (unpaired) electrons. The molecule has 0 aliphatic carbocycles. The Bertz CT molecular complexity index is 376. The number of carbonyl (C=O) groups excluding carboxylic acids is 1. The molecular formula is C11H15NO4. The van der Waals surface area contributed by atoms with E-state index in [4.69, 9.17) is 5.11 Å². The number of benzene rings is 1. The Hall–Kier alpha value is -1.75. The first-order valence-electron chi connectivity index (χ1n) is 4.99. The van der Waals surface area contributed by atoms with Crippen molar-refractivity contribution in [3.63, 3.8) is 0 Å². The number of hydrogen-bond acceptors (Lipinski definition) is 4. The number of aromatic hydroxyl groups is 2. The summed E-state index contributed by atoms with van der Waals surface area (Å²) in [6.07, 6.45) is -0.0521. The Balaban J connectivity index is 2.63. The lowest BCUT2D eigenvalue weighted by Gasteiger charge is -2.08. The normalized spacial score (nSPS) is 12.1. The van der Waals surface area contributed by atoms with Crippen LogP contribution in [0.5, 0.6) is 11.5 Å². The van der Waals surface area contributed by atoms with Crippen molar-refractivity contribution in [1.82, 2.24) is 5.32 Å². The lowest BCUT2D eigenvalue weighted by molar-refractivity contribution is 0.0942. The van der Waals surface area contributed by atoms with Gasteiger partial charge in [0.15, 0.2) is 11.5 Å². The topological polar surface area (TPSA) is 89.8 Å². The van der Waals surface area contributed by atoms with Crippen molar-refractivity contribution in [2.45, 2.75) is 19.4 Å². The van der Waals surface area contributed by atoms with E-state index in [1.165, 1.54) is 18.2 Å². The summed E-state index contributed by atoms with van der Waals surface area (Å²) >= 11 is 0. The van der Waals surface area contributed by atoms with E-state index in [2.05, 4.69) is 5.32 Å². The molecule has 0 saturated carbocycles. The maximum Gasteiger partial charge on any atom is 0.255 e. The minimum atomic E-state index is -0.488. The molecule has 1 atom stereocenters. The maximum atomic E-state index is 11.5. The molecule has 0 aliphatic rings. The van der Waals surface area contributed by atoms with Crippen molar-refractivity contribution >= 4 is 5.91 Å². The number of phenolic OH excluding ortho intramolecular Hbond substituents is 2. The first kappa shape index (κ1) is 12.3. The van der Waals surface area contributed by atoms with Crippen LogP contribution in [-0.4, -0.2) is 33.9 Å². The molecule has 16 heavy (non-hydrogen) atoms. The third-order valence-corrected chi connectivity index (χ3v) is 2.11. The van der Waals surface area contributed by atoms with Gasteiger partial charge >= 0.3 is 0 Å². The number of nitrogens with one attached hydrogen (secondary N) is 1. The van der Waals surface area contributed by atoms with Crippen LogP contribution in [0, 0.1) is 0 Å². The molecule has 0 heterocycles. The van der Waals surface area contributed by atoms with Crippen LogP contribution >= 0.6 is 0 Å². The van der Waals surface area contributed by atoms with E-state index in [9.17, 15) is 15.0 Å². The SMILES string of the molecule is CC(O)CCNC(=O)c1cccc(O)c1O. The highest BCUT2D eigenvalue weighted by Gasteiger charge is 2.13. The van der Waals surface area contributed by atoms with Crippen molar-refractivity contribution in [3.8, 4) is 11.5 Å². The van der Waals surface area contributed by atoms with Gasteiger partial charge in [0.2, 0.25) is 0 Å². The molecule has 5 heteroatoms. The Kier molecular flexibility index (Phi) is 4.13. The summed E-state index contributed by atoms with van der Waals surface area (Å²) < 4.78 is 0. The summed E-state index contributed by atoms with van der Waals surface area (Å²) in [5.41, 5.74) is 0.0191. The fourth-order valence-corrected chi connectivity index (χ4v) is 1.20. The summed E-state index contributed by atoms with van der Waals surface area (Å²) in [7, 11) is 0. The smallest absolute Gasteiger partial charge is 0.255 e. The Morgan fingerprint density at radius 3 is 2.75 bits per heavy atom. The number of para-hydroxylation sites is 1. The largest absolute Gasteiger partial charge is 0.504 e. The lowest BCUT2D eigenvalue weighted by Crippen LogP contribution is -2.26. The van der Waals surface area contributed by atoms with Gasteiger partial charge in [0, 0.05) is 6.54 Å². The second kappa shape index (κ2) is 5.37. The minimum Gasteiger partial charge on any atom is -0.504 e. The fraction of sp³-hybridized carbons (Fsp3) is 0.364. The molecular weight excluding hydrogens is 210 g/mol. The fourth-order valence-electron chi connectivity index (χ4n) is 1.20. The number of rotatable bonds is 4. The highest BCUT2D eigenvalue weighted by atomic mass is 16.3. The Labute approximate surface area is 93.4 Å². The van der Waals surface area contributed by atoms with Gasteiger partial charge in [0.1, 0.15) is 0 Å². The second-order valence-corrected chi connectivity index (χ2v) is 3.57. The number of amides is 1. The zero-order valence-corrected chi connectivity index (χ0v) is 8.97. The first-order chi connectivity index (χ1) is 7.52. The van der Waals surface area contributed by atoms with Crippen LogP contribution in [0.3, 0.4) is 0 Å². The minimum absolute atomic E-state index is 0.0191. The number of phenols is 2. The third kappa shape index (κ3) is 3.13. The average molecular weight is 225 g/mol. The number of hydrogen-bond donors (Lipinski definition) is 4. The van der Waals surface area contributed by atoms with Crippen LogP contribution in [0.2, 0.25) is 0 Å². The zero-order valence-electron chi connectivity index (χ0n) is 8.97. The predicted octanol–water partition coefficient (Wildman–Crippen LogP) is 0.599. The predicted molar refractivity (Wildman–Crippen MR) is 58.4 cm³/mol.